The molecule has 3 fully saturated rings. The fourth-order valence-corrected chi connectivity index (χ4v) is 8.42. The van der Waals surface area contributed by atoms with Gasteiger partial charge in [-0.05, 0) is 91.9 Å². The van der Waals surface area contributed by atoms with Crippen LogP contribution in [0.4, 0.5) is 39.2 Å². The van der Waals surface area contributed by atoms with E-state index in [0.717, 1.165) is 109 Å². The van der Waals surface area contributed by atoms with Gasteiger partial charge in [0.1, 0.15) is 12.3 Å². The van der Waals surface area contributed by atoms with Crippen molar-refractivity contribution >= 4 is 57.2 Å². The van der Waals surface area contributed by atoms with Crippen molar-refractivity contribution in [3.8, 4) is 17.0 Å². The molecule has 55 heavy (non-hydrogen) atoms. The number of hydrogen-bond acceptors (Lipinski definition) is 11. The van der Waals surface area contributed by atoms with Crippen LogP contribution in [0.2, 0.25) is 0 Å². The summed E-state index contributed by atoms with van der Waals surface area (Å²) in [4.78, 5) is 47.2. The lowest BCUT2D eigenvalue weighted by Gasteiger charge is -2.44. The summed E-state index contributed by atoms with van der Waals surface area (Å²) in [7, 11) is 0. The van der Waals surface area contributed by atoms with Gasteiger partial charge in [0.15, 0.2) is 0 Å². The Kier molecular flexibility index (Phi) is 9.30. The molecule has 0 spiro atoms. The van der Waals surface area contributed by atoms with E-state index in [1.165, 1.54) is 11.4 Å². The number of anilines is 6. The lowest BCUT2D eigenvalue weighted by atomic mass is 10.00. The van der Waals surface area contributed by atoms with Crippen molar-refractivity contribution in [3.63, 3.8) is 0 Å². The van der Waals surface area contributed by atoms with Crippen molar-refractivity contribution in [2.75, 3.05) is 84.3 Å². The van der Waals surface area contributed by atoms with E-state index < -0.39 is 0 Å². The van der Waals surface area contributed by atoms with Crippen molar-refractivity contribution in [1.82, 2.24) is 25.2 Å². The first-order valence-electron chi connectivity index (χ1n) is 19.3. The number of carbonyl (C=O) groups excluding carboxylic acids is 2. The molecule has 3 saturated heterocycles. The molecule has 0 atom stereocenters. The van der Waals surface area contributed by atoms with Crippen LogP contribution in [0.25, 0.3) is 22.0 Å². The third-order valence-electron chi connectivity index (χ3n) is 11.5. The molecule has 5 aromatic rings. The van der Waals surface area contributed by atoms with E-state index in [1.807, 2.05) is 25.4 Å². The number of piperazine rings is 1. The number of hydrogen-bond donors (Lipinski definition) is 3. The van der Waals surface area contributed by atoms with Gasteiger partial charge in [-0.25, -0.2) is 19.7 Å². The van der Waals surface area contributed by atoms with Crippen LogP contribution >= 0.6 is 0 Å². The van der Waals surface area contributed by atoms with Gasteiger partial charge in [0, 0.05) is 111 Å². The highest BCUT2D eigenvalue weighted by molar-refractivity contribution is 6.06. The maximum absolute atomic E-state index is 12.4. The Morgan fingerprint density at radius 2 is 1.60 bits per heavy atom. The zero-order chi connectivity index (χ0) is 37.5. The van der Waals surface area contributed by atoms with E-state index in [4.69, 9.17) is 9.72 Å². The lowest BCUT2D eigenvalue weighted by Crippen LogP contribution is -2.53. The molecular formula is C42H46N10O3. The molecule has 0 aliphatic carbocycles. The van der Waals surface area contributed by atoms with Gasteiger partial charge in [0.05, 0.1) is 5.52 Å². The Morgan fingerprint density at radius 3 is 2.38 bits per heavy atom. The molecule has 0 radical (unpaired) electrons. The maximum atomic E-state index is 12.4. The summed E-state index contributed by atoms with van der Waals surface area (Å²) in [6.07, 6.45) is 6.36. The fraction of sp³-hybridized carbons (Fsp3) is 0.357. The molecular weight excluding hydrogens is 693 g/mol. The number of aromatic nitrogens is 3. The maximum Gasteiger partial charge on any atom is 0.328 e. The highest BCUT2D eigenvalue weighted by atomic mass is 16.5. The zero-order valence-corrected chi connectivity index (χ0v) is 31.3. The van der Waals surface area contributed by atoms with Gasteiger partial charge in [-0.3, -0.25) is 19.9 Å². The number of piperidine rings is 1. The number of aryl methyl sites for hydroxylation is 1. The Bertz CT molecular complexity index is 2250. The second-order valence-corrected chi connectivity index (χ2v) is 14.9. The Morgan fingerprint density at radius 1 is 0.818 bits per heavy atom. The largest absolute Gasteiger partial charge is 0.474 e. The van der Waals surface area contributed by atoms with E-state index in [-0.39, 0.29) is 11.9 Å². The molecule has 6 heterocycles. The number of pyridine rings is 1. The van der Waals surface area contributed by atoms with E-state index in [1.54, 1.807) is 4.90 Å². The minimum atomic E-state index is -0.340. The van der Waals surface area contributed by atoms with Crippen molar-refractivity contribution in [3.05, 3.63) is 84.2 Å². The number of rotatable bonds is 7. The van der Waals surface area contributed by atoms with Crippen LogP contribution in [0.3, 0.4) is 0 Å². The van der Waals surface area contributed by atoms with Crippen molar-refractivity contribution < 1.29 is 14.3 Å². The van der Waals surface area contributed by atoms with Crippen molar-refractivity contribution in [2.45, 2.75) is 39.2 Å². The number of ether oxygens (including phenoxy) is 1. The van der Waals surface area contributed by atoms with Crippen molar-refractivity contribution in [2.24, 2.45) is 0 Å². The number of benzene rings is 3. The van der Waals surface area contributed by atoms with Gasteiger partial charge in [-0.2, -0.15) is 0 Å². The van der Waals surface area contributed by atoms with Gasteiger partial charge in [-0.1, -0.05) is 12.1 Å². The third kappa shape index (κ3) is 7.07. The van der Waals surface area contributed by atoms with Crippen LogP contribution in [-0.2, 0) is 4.79 Å². The molecule has 0 bridgehead atoms. The summed E-state index contributed by atoms with van der Waals surface area (Å²) in [5.74, 6) is 1.01. The van der Waals surface area contributed by atoms with Gasteiger partial charge < -0.3 is 25.2 Å². The van der Waals surface area contributed by atoms with Gasteiger partial charge in [0.2, 0.25) is 17.7 Å². The summed E-state index contributed by atoms with van der Waals surface area (Å²) in [6, 6.07) is 21.4. The third-order valence-corrected chi connectivity index (χ3v) is 11.5. The van der Waals surface area contributed by atoms with Crippen LogP contribution < -0.4 is 35.4 Å². The summed E-state index contributed by atoms with van der Waals surface area (Å²) in [6.45, 7) is 12.1. The first-order valence-corrected chi connectivity index (χ1v) is 19.3. The van der Waals surface area contributed by atoms with Gasteiger partial charge in [0.25, 0.3) is 0 Å². The first-order chi connectivity index (χ1) is 26.9. The number of fused-ring (bicyclic) bond motifs is 2. The van der Waals surface area contributed by atoms with Crippen LogP contribution in [0.5, 0.6) is 5.88 Å². The Hall–Kier alpha value is -5.95. The second kappa shape index (κ2) is 14.7. The highest BCUT2D eigenvalue weighted by Crippen LogP contribution is 2.36. The predicted octanol–water partition coefficient (Wildman–Crippen LogP) is 6.09. The fourth-order valence-electron chi connectivity index (χ4n) is 8.42. The molecule has 3 N–H and O–H groups in total. The monoisotopic (exact) mass is 738 g/mol. The van der Waals surface area contributed by atoms with Crippen LogP contribution in [0.1, 0.15) is 30.4 Å². The van der Waals surface area contributed by atoms with Gasteiger partial charge in [-0.15, -0.1) is 0 Å². The summed E-state index contributed by atoms with van der Waals surface area (Å²) in [5, 5.41) is 10.2. The normalized spacial score (nSPS) is 18.1. The Balaban J connectivity index is 0.777. The van der Waals surface area contributed by atoms with E-state index in [0.29, 0.717) is 37.4 Å². The number of amides is 3. The molecule has 0 unspecified atom stereocenters. The zero-order valence-electron chi connectivity index (χ0n) is 31.3. The smallest absolute Gasteiger partial charge is 0.328 e. The number of urea groups is 1. The lowest BCUT2D eigenvalue weighted by molar-refractivity contribution is -0.120. The quantitative estimate of drug-likeness (QED) is 0.179. The predicted molar refractivity (Wildman–Crippen MR) is 217 cm³/mol. The molecule has 4 aliphatic rings. The number of carbonyl (C=O) groups is 2. The molecule has 2 aromatic heterocycles. The molecule has 3 amide bonds. The minimum Gasteiger partial charge on any atom is -0.474 e. The van der Waals surface area contributed by atoms with Gasteiger partial charge >= 0.3 is 6.03 Å². The molecule has 0 saturated carbocycles. The molecule has 9 rings (SSSR count). The number of imide groups is 1. The average Bonchev–Trinajstić information content (AvgIpc) is 3.21. The van der Waals surface area contributed by atoms with E-state index in [9.17, 15) is 9.59 Å². The molecule has 4 aliphatic heterocycles. The summed E-state index contributed by atoms with van der Waals surface area (Å²) < 4.78 is 5.72. The average molecular weight is 739 g/mol. The topological polar surface area (TPSA) is 131 Å². The first kappa shape index (κ1) is 34.8. The Labute approximate surface area is 320 Å². The summed E-state index contributed by atoms with van der Waals surface area (Å²) >= 11 is 0. The number of nitrogens with zero attached hydrogens (tertiary/aromatic N) is 7. The molecule has 13 heteroatoms. The molecule has 282 valence electrons. The minimum absolute atomic E-state index is 0.213. The standard InChI is InChI=1S/C42H46N10O3/c1-27-23-34(9-10-37(27)52-17-13-38(53)48-42(52)54)51-20-18-50(19-21-51)33-11-15-49(16-12-33)32-7-5-31(6-8-32)46-41-45-25-30-4-3-29(24-36(30)47-41)35-26-44-40-39(28(35)2)43-14-22-55-40/h3-10,23-26,33,43H,11-22H2,1-2H3,(H,45,46,47)(H,48,53,54). The molecule has 3 aromatic carbocycles. The number of nitrogens with one attached hydrogen (secondary N) is 3. The van der Waals surface area contributed by atoms with Crippen LogP contribution in [0, 0.1) is 13.8 Å². The van der Waals surface area contributed by atoms with Crippen molar-refractivity contribution in [1.29, 1.82) is 0 Å². The highest BCUT2D eigenvalue weighted by Gasteiger charge is 2.29. The summed E-state index contributed by atoms with van der Waals surface area (Å²) in [5.41, 5.74) is 10.3. The SMILES string of the molecule is Cc1cc(N2CCN(C3CCN(c4ccc(Nc5ncc6ccc(-c7cnc8c(c7C)NCCO8)cc6n5)cc4)CC3)CC2)ccc1N1CCC(=O)NC1=O. The second-order valence-electron chi connectivity index (χ2n) is 14.9. The van der Waals surface area contributed by atoms with E-state index in [2.05, 4.69) is 102 Å². The van der Waals surface area contributed by atoms with Crippen LogP contribution in [-0.4, -0.2) is 96.8 Å². The van der Waals surface area contributed by atoms with Crippen LogP contribution in [0.15, 0.2) is 73.1 Å². The molecule has 13 nitrogen and oxygen atoms in total. The van der Waals surface area contributed by atoms with E-state index >= 15 is 0 Å².